The SMILES string of the molecule is CCC[CH2][Ge]1([CH2]CCC)[C](c2cccc(F)c2)=CC(=O)c2cccc[c]21. The predicted molar refractivity (Wildman–Crippen MR) is 110 cm³/mol. The number of carbonyl (C=O) groups excluding carboxylic acids is 1. The van der Waals surface area contributed by atoms with Crippen LogP contribution in [-0.2, 0) is 0 Å². The molecular formula is C23H27FGeO. The molecule has 3 rings (SSSR count). The summed E-state index contributed by atoms with van der Waals surface area (Å²) < 4.78 is 16.5. The Morgan fingerprint density at radius 1 is 0.923 bits per heavy atom. The fourth-order valence-corrected chi connectivity index (χ4v) is 16.4. The molecule has 0 atom stereocenters. The van der Waals surface area contributed by atoms with Gasteiger partial charge >= 0.3 is 159 Å². The van der Waals surface area contributed by atoms with Gasteiger partial charge in [0.15, 0.2) is 0 Å². The standard InChI is InChI=1S/C23H27FGeO/c1-3-5-14-25(15-6-4-2)21-13-8-7-12-20(21)23(26)17-22(25)18-10-9-11-19(24)16-18/h7-13,16-17H,3-6,14-15H2,1-2H3. The van der Waals surface area contributed by atoms with E-state index < -0.39 is 13.3 Å². The van der Waals surface area contributed by atoms with Crippen LogP contribution in [-0.4, -0.2) is 19.0 Å². The summed E-state index contributed by atoms with van der Waals surface area (Å²) in [6.45, 7) is 4.45. The van der Waals surface area contributed by atoms with Crippen LogP contribution in [0.3, 0.4) is 0 Å². The van der Waals surface area contributed by atoms with Gasteiger partial charge in [0.25, 0.3) is 0 Å². The van der Waals surface area contributed by atoms with Gasteiger partial charge < -0.3 is 0 Å². The van der Waals surface area contributed by atoms with Crippen LogP contribution in [0.2, 0.25) is 10.5 Å². The van der Waals surface area contributed by atoms with Crippen LogP contribution in [0.5, 0.6) is 0 Å². The average Bonchev–Trinajstić information content (AvgIpc) is 2.66. The fourth-order valence-electron chi connectivity index (χ4n) is 4.24. The minimum atomic E-state index is -2.77. The van der Waals surface area contributed by atoms with Gasteiger partial charge in [0.2, 0.25) is 0 Å². The monoisotopic (exact) mass is 412 g/mol. The van der Waals surface area contributed by atoms with Gasteiger partial charge in [0, 0.05) is 0 Å². The third-order valence-corrected chi connectivity index (χ3v) is 16.8. The predicted octanol–water partition coefficient (Wildman–Crippen LogP) is 5.90. The van der Waals surface area contributed by atoms with E-state index in [1.54, 1.807) is 12.1 Å². The van der Waals surface area contributed by atoms with E-state index >= 15 is 0 Å². The van der Waals surface area contributed by atoms with E-state index in [-0.39, 0.29) is 11.6 Å². The van der Waals surface area contributed by atoms with Crippen molar-refractivity contribution in [2.45, 2.75) is 50.0 Å². The van der Waals surface area contributed by atoms with E-state index in [1.165, 1.54) is 38.2 Å². The van der Waals surface area contributed by atoms with Crippen molar-refractivity contribution in [2.24, 2.45) is 0 Å². The van der Waals surface area contributed by atoms with E-state index in [0.717, 1.165) is 24.0 Å². The molecule has 0 radical (unpaired) electrons. The second-order valence-corrected chi connectivity index (χ2v) is 16.2. The Bertz CT molecular complexity index is 816. The maximum atomic E-state index is 14.0. The normalized spacial score (nSPS) is 15.5. The van der Waals surface area contributed by atoms with Gasteiger partial charge in [0.05, 0.1) is 0 Å². The van der Waals surface area contributed by atoms with Crippen LogP contribution in [0, 0.1) is 5.82 Å². The van der Waals surface area contributed by atoms with E-state index in [0.29, 0.717) is 0 Å². The molecule has 0 aromatic heterocycles. The molecule has 3 heteroatoms. The van der Waals surface area contributed by atoms with Crippen LogP contribution >= 0.6 is 0 Å². The molecule has 136 valence electrons. The molecule has 0 N–H and O–H groups in total. The number of ketones is 1. The Morgan fingerprint density at radius 3 is 2.27 bits per heavy atom. The molecule has 0 spiro atoms. The summed E-state index contributed by atoms with van der Waals surface area (Å²) in [6.07, 6.45) is 6.47. The molecule has 2 aromatic carbocycles. The van der Waals surface area contributed by atoms with Crippen LogP contribution in [0.15, 0.2) is 54.6 Å². The van der Waals surface area contributed by atoms with Gasteiger partial charge in [-0.25, -0.2) is 0 Å². The zero-order valence-corrected chi connectivity index (χ0v) is 17.8. The van der Waals surface area contributed by atoms with Gasteiger partial charge in [0.1, 0.15) is 0 Å². The van der Waals surface area contributed by atoms with Crippen LogP contribution in [0.4, 0.5) is 4.39 Å². The minimum absolute atomic E-state index is 0.0779. The zero-order valence-electron chi connectivity index (χ0n) is 15.7. The Balaban J connectivity index is 2.23. The Labute approximate surface area is 158 Å². The summed E-state index contributed by atoms with van der Waals surface area (Å²) in [6, 6.07) is 15.0. The number of allylic oxidation sites excluding steroid dienone is 1. The molecule has 1 aliphatic rings. The van der Waals surface area contributed by atoms with E-state index in [9.17, 15) is 9.18 Å². The van der Waals surface area contributed by atoms with Crippen molar-refractivity contribution in [1.29, 1.82) is 0 Å². The summed E-state index contributed by atoms with van der Waals surface area (Å²) in [4.78, 5) is 12.8. The molecule has 2 aromatic rings. The van der Waals surface area contributed by atoms with Gasteiger partial charge in [-0.3, -0.25) is 0 Å². The summed E-state index contributed by atoms with van der Waals surface area (Å²) in [5.74, 6) is -0.147. The van der Waals surface area contributed by atoms with Crippen molar-refractivity contribution in [3.63, 3.8) is 0 Å². The van der Waals surface area contributed by atoms with Crippen LogP contribution < -0.4 is 4.40 Å². The second kappa shape index (κ2) is 8.34. The Kier molecular flexibility index (Phi) is 6.13. The summed E-state index contributed by atoms with van der Waals surface area (Å²) in [5.41, 5.74) is 1.81. The molecule has 1 heterocycles. The Hall–Kier alpha value is -1.68. The fraction of sp³-hybridized carbons (Fsp3) is 0.348. The molecule has 0 saturated heterocycles. The van der Waals surface area contributed by atoms with Gasteiger partial charge in [-0.15, -0.1) is 0 Å². The first-order valence-electron chi connectivity index (χ1n) is 9.74. The van der Waals surface area contributed by atoms with Crippen molar-refractivity contribution in [3.05, 3.63) is 71.6 Å². The molecular weight excluding hydrogens is 384 g/mol. The first kappa shape index (κ1) is 19.1. The van der Waals surface area contributed by atoms with E-state index in [2.05, 4.69) is 26.0 Å². The maximum absolute atomic E-state index is 14.0. The van der Waals surface area contributed by atoms with Crippen LogP contribution in [0.25, 0.3) is 4.41 Å². The molecule has 1 nitrogen and oxygen atoms in total. The molecule has 1 aliphatic heterocycles. The second-order valence-electron chi connectivity index (χ2n) is 7.27. The van der Waals surface area contributed by atoms with Crippen molar-refractivity contribution >= 4 is 27.9 Å². The quantitative estimate of drug-likeness (QED) is 0.519. The molecule has 0 bridgehead atoms. The van der Waals surface area contributed by atoms with Gasteiger partial charge in [-0.2, -0.15) is 0 Å². The molecule has 0 unspecified atom stereocenters. The molecule has 0 saturated carbocycles. The summed E-state index contributed by atoms with van der Waals surface area (Å²) in [7, 11) is 0. The van der Waals surface area contributed by atoms with Crippen molar-refractivity contribution < 1.29 is 9.18 Å². The van der Waals surface area contributed by atoms with Crippen LogP contribution in [0.1, 0.15) is 55.5 Å². The third-order valence-electron chi connectivity index (χ3n) is 5.55. The van der Waals surface area contributed by atoms with Crippen molar-refractivity contribution in [2.75, 3.05) is 0 Å². The number of hydrogen-bond acceptors (Lipinski definition) is 1. The van der Waals surface area contributed by atoms with Gasteiger partial charge in [-0.1, -0.05) is 0 Å². The number of rotatable bonds is 7. The Morgan fingerprint density at radius 2 is 1.62 bits per heavy atom. The topological polar surface area (TPSA) is 17.1 Å². The van der Waals surface area contributed by atoms with E-state index in [4.69, 9.17) is 0 Å². The molecule has 0 aliphatic carbocycles. The number of halogens is 1. The molecule has 0 fully saturated rings. The molecule has 26 heavy (non-hydrogen) atoms. The summed E-state index contributed by atoms with van der Waals surface area (Å²) >= 11 is -2.77. The number of fused-ring (bicyclic) bond motifs is 1. The van der Waals surface area contributed by atoms with Crippen molar-refractivity contribution in [3.8, 4) is 0 Å². The number of hydrogen-bond donors (Lipinski definition) is 0. The average molecular weight is 411 g/mol. The number of unbranched alkanes of at least 4 members (excludes halogenated alkanes) is 2. The number of benzene rings is 2. The molecule has 0 amide bonds. The van der Waals surface area contributed by atoms with Gasteiger partial charge in [-0.05, 0) is 0 Å². The first-order chi connectivity index (χ1) is 12.6. The first-order valence-corrected chi connectivity index (χ1v) is 14.8. The van der Waals surface area contributed by atoms with Crippen molar-refractivity contribution in [1.82, 2.24) is 0 Å². The third kappa shape index (κ3) is 3.57. The zero-order chi connectivity index (χ0) is 18.6. The number of carbonyl (C=O) groups is 1. The summed E-state index contributed by atoms with van der Waals surface area (Å²) in [5, 5.41) is 2.34. The van der Waals surface area contributed by atoms with E-state index in [1.807, 2.05) is 24.3 Å².